The van der Waals surface area contributed by atoms with Crippen LogP contribution in [0.1, 0.15) is 38.7 Å². The summed E-state index contributed by atoms with van der Waals surface area (Å²) in [6.45, 7) is 9.34. The summed E-state index contributed by atoms with van der Waals surface area (Å²) in [6, 6.07) is 8.93. The number of piperidine rings is 1. The summed E-state index contributed by atoms with van der Waals surface area (Å²) in [5.41, 5.74) is 1.32. The fourth-order valence-electron chi connectivity index (χ4n) is 3.21. The average molecular weight is 290 g/mol. The van der Waals surface area contributed by atoms with Gasteiger partial charge in [-0.3, -0.25) is 0 Å². The second kappa shape index (κ2) is 8.40. The average Bonchev–Trinajstić information content (AvgIpc) is 2.53. The normalized spacial score (nSPS) is 21.2. The Kier molecular flexibility index (Phi) is 6.52. The highest BCUT2D eigenvalue weighted by Crippen LogP contribution is 2.20. The molecule has 3 nitrogen and oxygen atoms in total. The number of nitrogens with one attached hydrogen (secondary N) is 1. The topological polar surface area (TPSA) is 24.5 Å². The molecule has 2 rings (SSSR count). The lowest BCUT2D eigenvalue weighted by Crippen LogP contribution is -2.44. The lowest BCUT2D eigenvalue weighted by molar-refractivity contribution is 0.150. The molecule has 1 N–H and O–H groups in total. The molecule has 3 heteroatoms. The molecule has 0 aromatic heterocycles. The summed E-state index contributed by atoms with van der Waals surface area (Å²) in [5.74, 6) is 1.71. The van der Waals surface area contributed by atoms with Crippen LogP contribution in [-0.4, -0.2) is 37.7 Å². The maximum absolute atomic E-state index is 5.20. The van der Waals surface area contributed by atoms with Crippen LogP contribution in [0.2, 0.25) is 0 Å². The van der Waals surface area contributed by atoms with Crippen molar-refractivity contribution in [2.75, 3.05) is 26.7 Å². The molecule has 2 unspecified atom stereocenters. The fraction of sp³-hybridized carbons (Fsp3) is 0.667. The largest absolute Gasteiger partial charge is 0.497 e. The quantitative estimate of drug-likeness (QED) is 0.834. The standard InChI is InChI=1S/C18H30N2O/c1-4-11-20-12-5-6-17(14-20)15(2)19-13-16-7-9-18(21-3)10-8-16/h7-10,15,17,19H,4-6,11-14H2,1-3H3. The van der Waals surface area contributed by atoms with Gasteiger partial charge in [-0.05, 0) is 62.9 Å². The molecule has 0 radical (unpaired) electrons. The van der Waals surface area contributed by atoms with Gasteiger partial charge in [-0.15, -0.1) is 0 Å². The van der Waals surface area contributed by atoms with Gasteiger partial charge in [0.2, 0.25) is 0 Å². The van der Waals surface area contributed by atoms with E-state index < -0.39 is 0 Å². The van der Waals surface area contributed by atoms with Crippen molar-refractivity contribution >= 4 is 0 Å². The molecule has 1 heterocycles. The van der Waals surface area contributed by atoms with Gasteiger partial charge in [0.05, 0.1) is 7.11 Å². The number of likely N-dealkylation sites (tertiary alicyclic amines) is 1. The number of hydrogen-bond acceptors (Lipinski definition) is 3. The van der Waals surface area contributed by atoms with Gasteiger partial charge in [-0.2, -0.15) is 0 Å². The van der Waals surface area contributed by atoms with Crippen molar-refractivity contribution in [1.29, 1.82) is 0 Å². The molecule has 1 aliphatic rings. The highest BCUT2D eigenvalue weighted by Gasteiger charge is 2.23. The smallest absolute Gasteiger partial charge is 0.118 e. The molecule has 1 fully saturated rings. The monoisotopic (exact) mass is 290 g/mol. The van der Waals surface area contributed by atoms with Crippen molar-refractivity contribution in [2.24, 2.45) is 5.92 Å². The number of methoxy groups -OCH3 is 1. The predicted molar refractivity (Wildman–Crippen MR) is 88.8 cm³/mol. The van der Waals surface area contributed by atoms with Gasteiger partial charge in [-0.25, -0.2) is 0 Å². The highest BCUT2D eigenvalue weighted by atomic mass is 16.5. The van der Waals surface area contributed by atoms with Crippen molar-refractivity contribution in [3.63, 3.8) is 0 Å². The van der Waals surface area contributed by atoms with E-state index in [1.165, 1.54) is 44.5 Å². The Labute approximate surface area is 129 Å². The zero-order valence-electron chi connectivity index (χ0n) is 13.8. The number of benzene rings is 1. The molecule has 1 saturated heterocycles. The molecule has 0 saturated carbocycles. The van der Waals surface area contributed by atoms with Crippen LogP contribution in [-0.2, 0) is 6.54 Å². The molecular weight excluding hydrogens is 260 g/mol. The molecule has 0 bridgehead atoms. The maximum atomic E-state index is 5.20. The number of ether oxygens (including phenoxy) is 1. The van der Waals surface area contributed by atoms with E-state index in [-0.39, 0.29) is 0 Å². The molecule has 0 amide bonds. The Morgan fingerprint density at radius 1 is 1.33 bits per heavy atom. The first-order valence-corrected chi connectivity index (χ1v) is 8.31. The zero-order valence-corrected chi connectivity index (χ0v) is 13.8. The molecule has 0 aliphatic carbocycles. The van der Waals surface area contributed by atoms with Gasteiger partial charge >= 0.3 is 0 Å². The van der Waals surface area contributed by atoms with Gasteiger partial charge in [0.15, 0.2) is 0 Å². The summed E-state index contributed by atoms with van der Waals surface area (Å²) in [6.07, 6.45) is 3.97. The van der Waals surface area contributed by atoms with Crippen molar-refractivity contribution in [1.82, 2.24) is 10.2 Å². The second-order valence-corrected chi connectivity index (χ2v) is 6.22. The SMILES string of the molecule is CCCN1CCCC(C(C)NCc2ccc(OC)cc2)C1. The maximum Gasteiger partial charge on any atom is 0.118 e. The molecule has 21 heavy (non-hydrogen) atoms. The van der Waals surface area contributed by atoms with Crippen LogP contribution in [0.5, 0.6) is 5.75 Å². The van der Waals surface area contributed by atoms with Gasteiger partial charge in [0, 0.05) is 19.1 Å². The van der Waals surface area contributed by atoms with Crippen LogP contribution in [0, 0.1) is 5.92 Å². The number of nitrogens with zero attached hydrogens (tertiary/aromatic N) is 1. The van der Waals surface area contributed by atoms with Gasteiger partial charge < -0.3 is 15.0 Å². The summed E-state index contributed by atoms with van der Waals surface area (Å²) in [5, 5.41) is 3.70. The third kappa shape index (κ3) is 5.01. The van der Waals surface area contributed by atoms with Gasteiger partial charge in [0.25, 0.3) is 0 Å². The van der Waals surface area contributed by atoms with Crippen molar-refractivity contribution in [3.05, 3.63) is 29.8 Å². The molecule has 0 spiro atoms. The second-order valence-electron chi connectivity index (χ2n) is 6.22. The third-order valence-electron chi connectivity index (χ3n) is 4.58. The fourth-order valence-corrected chi connectivity index (χ4v) is 3.21. The first kappa shape index (κ1) is 16.3. The first-order chi connectivity index (χ1) is 10.2. The number of rotatable bonds is 7. The van der Waals surface area contributed by atoms with E-state index in [0.29, 0.717) is 6.04 Å². The van der Waals surface area contributed by atoms with Crippen molar-refractivity contribution < 1.29 is 4.74 Å². The van der Waals surface area contributed by atoms with Crippen LogP contribution in [0.4, 0.5) is 0 Å². The summed E-state index contributed by atoms with van der Waals surface area (Å²) < 4.78 is 5.20. The van der Waals surface area contributed by atoms with Crippen LogP contribution in [0.25, 0.3) is 0 Å². The number of hydrogen-bond donors (Lipinski definition) is 1. The van der Waals surface area contributed by atoms with Crippen LogP contribution >= 0.6 is 0 Å². The zero-order chi connectivity index (χ0) is 15.1. The Morgan fingerprint density at radius 2 is 2.10 bits per heavy atom. The summed E-state index contributed by atoms with van der Waals surface area (Å²) in [4.78, 5) is 2.62. The first-order valence-electron chi connectivity index (χ1n) is 8.31. The van der Waals surface area contributed by atoms with Crippen molar-refractivity contribution in [2.45, 2.75) is 45.7 Å². The van der Waals surface area contributed by atoms with E-state index >= 15 is 0 Å². The minimum atomic E-state index is 0.576. The molecule has 1 aliphatic heterocycles. The Bertz CT molecular complexity index is 402. The molecule has 2 atom stereocenters. The van der Waals surface area contributed by atoms with Crippen molar-refractivity contribution in [3.8, 4) is 5.75 Å². The van der Waals surface area contributed by atoms with E-state index in [0.717, 1.165) is 18.2 Å². The summed E-state index contributed by atoms with van der Waals surface area (Å²) >= 11 is 0. The third-order valence-corrected chi connectivity index (χ3v) is 4.58. The Hall–Kier alpha value is -1.06. The molecule has 1 aromatic carbocycles. The van der Waals surface area contributed by atoms with Crippen LogP contribution < -0.4 is 10.1 Å². The van der Waals surface area contributed by atoms with Crippen LogP contribution in [0.3, 0.4) is 0 Å². The lowest BCUT2D eigenvalue weighted by atomic mass is 9.91. The molecule has 1 aromatic rings. The van der Waals surface area contributed by atoms with Crippen LogP contribution in [0.15, 0.2) is 24.3 Å². The summed E-state index contributed by atoms with van der Waals surface area (Å²) in [7, 11) is 1.71. The minimum Gasteiger partial charge on any atom is -0.497 e. The van der Waals surface area contributed by atoms with Gasteiger partial charge in [-0.1, -0.05) is 19.1 Å². The lowest BCUT2D eigenvalue weighted by Gasteiger charge is -2.36. The van der Waals surface area contributed by atoms with E-state index in [9.17, 15) is 0 Å². The molecule has 118 valence electrons. The predicted octanol–water partition coefficient (Wildman–Crippen LogP) is 3.30. The molecular formula is C18H30N2O. The Balaban J connectivity index is 1.78. The van der Waals surface area contributed by atoms with E-state index in [2.05, 4.69) is 36.2 Å². The minimum absolute atomic E-state index is 0.576. The van der Waals surface area contributed by atoms with Gasteiger partial charge in [0.1, 0.15) is 5.75 Å². The van der Waals surface area contributed by atoms with E-state index in [1.807, 2.05) is 12.1 Å². The van der Waals surface area contributed by atoms with E-state index in [4.69, 9.17) is 4.74 Å². The highest BCUT2D eigenvalue weighted by molar-refractivity contribution is 5.27. The Morgan fingerprint density at radius 3 is 2.76 bits per heavy atom. The van der Waals surface area contributed by atoms with E-state index in [1.54, 1.807) is 7.11 Å².